The van der Waals surface area contributed by atoms with Gasteiger partial charge in [0.25, 0.3) is 0 Å². The van der Waals surface area contributed by atoms with Gasteiger partial charge in [0.2, 0.25) is 6.04 Å². The minimum Gasteiger partial charge on any atom is -0.468 e. The third-order valence-corrected chi connectivity index (χ3v) is 5.44. The van der Waals surface area contributed by atoms with E-state index in [0.717, 1.165) is 21.9 Å². The lowest BCUT2D eigenvalue weighted by Crippen LogP contribution is -2.37. The third-order valence-electron chi connectivity index (χ3n) is 5.44. The SMILES string of the molecule is COC(=O)[C@@H]1N[C@H](c2ccc3ccccc3c2)[C@H]([N+](=O)[O-])[C@H]1c1ccccc1. The van der Waals surface area contributed by atoms with E-state index in [9.17, 15) is 14.9 Å². The smallest absolute Gasteiger partial charge is 0.323 e. The lowest BCUT2D eigenvalue weighted by Gasteiger charge is -2.19. The van der Waals surface area contributed by atoms with Crippen LogP contribution in [-0.2, 0) is 9.53 Å². The van der Waals surface area contributed by atoms with E-state index in [-0.39, 0.29) is 4.92 Å². The average molecular weight is 376 g/mol. The van der Waals surface area contributed by atoms with Crippen molar-refractivity contribution in [3.63, 3.8) is 0 Å². The number of carbonyl (C=O) groups excluding carboxylic acids is 1. The molecule has 3 aromatic rings. The fourth-order valence-electron chi connectivity index (χ4n) is 4.15. The van der Waals surface area contributed by atoms with Crippen LogP contribution in [0, 0.1) is 10.1 Å². The summed E-state index contributed by atoms with van der Waals surface area (Å²) in [5.41, 5.74) is 1.53. The first-order valence-electron chi connectivity index (χ1n) is 9.11. The number of carbonyl (C=O) groups is 1. The fraction of sp³-hybridized carbons (Fsp3) is 0.227. The van der Waals surface area contributed by atoms with Crippen LogP contribution in [0.25, 0.3) is 10.8 Å². The number of nitrogens with zero attached hydrogens (tertiary/aromatic N) is 1. The summed E-state index contributed by atoms with van der Waals surface area (Å²) < 4.78 is 4.94. The number of fused-ring (bicyclic) bond motifs is 1. The van der Waals surface area contributed by atoms with E-state index < -0.39 is 30.0 Å². The van der Waals surface area contributed by atoms with Gasteiger partial charge >= 0.3 is 5.97 Å². The summed E-state index contributed by atoms with van der Waals surface area (Å²) in [5, 5.41) is 17.4. The normalized spacial score (nSPS) is 24.2. The Hall–Kier alpha value is -3.25. The number of ether oxygens (including phenoxy) is 1. The van der Waals surface area contributed by atoms with Crippen LogP contribution in [-0.4, -0.2) is 30.1 Å². The van der Waals surface area contributed by atoms with E-state index in [1.54, 1.807) is 0 Å². The zero-order valence-electron chi connectivity index (χ0n) is 15.3. The van der Waals surface area contributed by atoms with Crippen molar-refractivity contribution in [2.45, 2.75) is 24.0 Å². The fourth-order valence-corrected chi connectivity index (χ4v) is 4.15. The third kappa shape index (κ3) is 3.12. The summed E-state index contributed by atoms with van der Waals surface area (Å²) in [6.07, 6.45) is 0. The van der Waals surface area contributed by atoms with E-state index in [1.807, 2.05) is 72.8 Å². The van der Waals surface area contributed by atoms with Gasteiger partial charge in [0.05, 0.1) is 13.0 Å². The molecule has 1 heterocycles. The van der Waals surface area contributed by atoms with Gasteiger partial charge in [0, 0.05) is 4.92 Å². The molecule has 0 radical (unpaired) electrons. The van der Waals surface area contributed by atoms with Crippen LogP contribution in [0.15, 0.2) is 72.8 Å². The highest BCUT2D eigenvalue weighted by atomic mass is 16.6. The minimum atomic E-state index is -0.993. The van der Waals surface area contributed by atoms with E-state index in [0.29, 0.717) is 0 Å². The second kappa shape index (κ2) is 7.40. The van der Waals surface area contributed by atoms with Gasteiger partial charge in [-0.3, -0.25) is 20.2 Å². The van der Waals surface area contributed by atoms with Gasteiger partial charge in [0.1, 0.15) is 12.1 Å². The minimum absolute atomic E-state index is 0.284. The number of esters is 1. The summed E-state index contributed by atoms with van der Waals surface area (Å²) in [4.78, 5) is 24.3. The molecule has 1 fully saturated rings. The van der Waals surface area contributed by atoms with Gasteiger partial charge in [-0.25, -0.2) is 0 Å². The molecule has 1 aliphatic heterocycles. The summed E-state index contributed by atoms with van der Waals surface area (Å²) in [6.45, 7) is 0. The number of methoxy groups -OCH3 is 1. The van der Waals surface area contributed by atoms with Gasteiger partial charge in [-0.2, -0.15) is 0 Å². The molecule has 3 aromatic carbocycles. The van der Waals surface area contributed by atoms with Crippen molar-refractivity contribution < 1.29 is 14.5 Å². The number of rotatable bonds is 4. The van der Waals surface area contributed by atoms with Crippen LogP contribution in [0.2, 0.25) is 0 Å². The maximum Gasteiger partial charge on any atom is 0.323 e. The molecule has 0 saturated carbocycles. The first kappa shape index (κ1) is 18.1. The maximum absolute atomic E-state index is 12.4. The number of nitro groups is 1. The van der Waals surface area contributed by atoms with E-state index in [4.69, 9.17) is 4.74 Å². The molecule has 142 valence electrons. The molecule has 0 unspecified atom stereocenters. The summed E-state index contributed by atoms with van der Waals surface area (Å²) >= 11 is 0. The monoisotopic (exact) mass is 376 g/mol. The van der Waals surface area contributed by atoms with Crippen LogP contribution in [0.4, 0.5) is 0 Å². The van der Waals surface area contributed by atoms with Crippen LogP contribution in [0.3, 0.4) is 0 Å². The quantitative estimate of drug-likeness (QED) is 0.428. The summed E-state index contributed by atoms with van der Waals surface area (Å²) in [6, 6.07) is 20.4. The molecule has 0 bridgehead atoms. The molecular formula is C22H20N2O4. The zero-order valence-corrected chi connectivity index (χ0v) is 15.3. The van der Waals surface area contributed by atoms with Crippen molar-refractivity contribution in [3.8, 4) is 0 Å². The van der Waals surface area contributed by atoms with Gasteiger partial charge < -0.3 is 4.74 Å². The van der Waals surface area contributed by atoms with E-state index in [1.165, 1.54) is 7.11 Å². The van der Waals surface area contributed by atoms with Crippen molar-refractivity contribution >= 4 is 16.7 Å². The Labute approximate surface area is 162 Å². The number of hydrogen-bond acceptors (Lipinski definition) is 5. The Morgan fingerprint density at radius 3 is 2.32 bits per heavy atom. The van der Waals surface area contributed by atoms with Gasteiger partial charge in [0.15, 0.2) is 0 Å². The Kier molecular flexibility index (Phi) is 4.79. The largest absolute Gasteiger partial charge is 0.468 e. The van der Waals surface area contributed by atoms with Gasteiger partial charge in [-0.05, 0) is 28.0 Å². The highest BCUT2D eigenvalue weighted by molar-refractivity contribution is 5.83. The van der Waals surface area contributed by atoms with Crippen molar-refractivity contribution in [2.24, 2.45) is 0 Å². The van der Waals surface area contributed by atoms with Gasteiger partial charge in [-0.1, -0.05) is 66.7 Å². The molecule has 0 aromatic heterocycles. The van der Waals surface area contributed by atoms with Gasteiger partial charge in [-0.15, -0.1) is 0 Å². The highest BCUT2D eigenvalue weighted by Crippen LogP contribution is 2.41. The van der Waals surface area contributed by atoms with Crippen LogP contribution >= 0.6 is 0 Å². The van der Waals surface area contributed by atoms with Crippen LogP contribution < -0.4 is 5.32 Å². The molecule has 1 saturated heterocycles. The Morgan fingerprint density at radius 1 is 0.964 bits per heavy atom. The Morgan fingerprint density at radius 2 is 1.64 bits per heavy atom. The van der Waals surface area contributed by atoms with Crippen LogP contribution in [0.1, 0.15) is 23.1 Å². The molecular weight excluding hydrogens is 356 g/mol. The second-order valence-electron chi connectivity index (χ2n) is 6.96. The lowest BCUT2D eigenvalue weighted by atomic mass is 9.85. The molecule has 6 nitrogen and oxygen atoms in total. The number of nitrogens with one attached hydrogen (secondary N) is 1. The van der Waals surface area contributed by atoms with Crippen LogP contribution in [0.5, 0.6) is 0 Å². The van der Waals surface area contributed by atoms with Crippen molar-refractivity contribution in [1.29, 1.82) is 0 Å². The number of hydrogen-bond donors (Lipinski definition) is 1. The molecule has 0 spiro atoms. The predicted molar refractivity (Wildman–Crippen MR) is 106 cm³/mol. The average Bonchev–Trinajstić information content (AvgIpc) is 3.14. The highest BCUT2D eigenvalue weighted by Gasteiger charge is 2.54. The molecule has 6 heteroatoms. The van der Waals surface area contributed by atoms with Crippen molar-refractivity contribution in [1.82, 2.24) is 5.32 Å². The molecule has 28 heavy (non-hydrogen) atoms. The maximum atomic E-state index is 12.4. The molecule has 0 amide bonds. The second-order valence-corrected chi connectivity index (χ2v) is 6.96. The topological polar surface area (TPSA) is 81.5 Å². The summed E-state index contributed by atoms with van der Waals surface area (Å²) in [5.74, 6) is -1.12. The lowest BCUT2D eigenvalue weighted by molar-refractivity contribution is -0.527. The molecule has 1 N–H and O–H groups in total. The first-order valence-corrected chi connectivity index (χ1v) is 9.11. The molecule has 4 atom stereocenters. The molecule has 1 aliphatic rings. The van der Waals surface area contributed by atoms with E-state index >= 15 is 0 Å². The van der Waals surface area contributed by atoms with E-state index in [2.05, 4.69) is 5.32 Å². The predicted octanol–water partition coefficient (Wildman–Crippen LogP) is 3.45. The van der Waals surface area contributed by atoms with Crippen molar-refractivity contribution in [2.75, 3.05) is 7.11 Å². The zero-order chi connectivity index (χ0) is 19.7. The van der Waals surface area contributed by atoms with Crippen molar-refractivity contribution in [3.05, 3.63) is 94.0 Å². The Balaban J connectivity index is 1.81. The molecule has 0 aliphatic carbocycles. The number of benzene rings is 3. The first-order chi connectivity index (χ1) is 13.6. The Bertz CT molecular complexity index is 1020. The molecule has 4 rings (SSSR count). The summed E-state index contributed by atoms with van der Waals surface area (Å²) in [7, 11) is 1.30. The standard InChI is InChI=1S/C22H20N2O4/c1-28-22(25)20-18(15-8-3-2-4-9-15)21(24(26)27)19(23-20)17-12-11-14-7-5-6-10-16(14)13-17/h2-13,18-21,23H,1H3/t18-,19+,20+,21+/m0/s1.